The molecule has 2 heterocycles. The van der Waals surface area contributed by atoms with Crippen LogP contribution in [0.4, 0.5) is 14.6 Å². The number of aromatic nitrogens is 1. The Morgan fingerprint density at radius 2 is 1.87 bits per heavy atom. The third-order valence-corrected chi connectivity index (χ3v) is 4.44. The van der Waals surface area contributed by atoms with Crippen LogP contribution in [0.3, 0.4) is 0 Å². The van der Waals surface area contributed by atoms with E-state index in [0.717, 1.165) is 44.5 Å². The molecule has 3 rings (SSSR count). The maximum Gasteiger partial charge on any atom is 0.130 e. The van der Waals surface area contributed by atoms with Gasteiger partial charge in [-0.2, -0.15) is 0 Å². The summed E-state index contributed by atoms with van der Waals surface area (Å²) in [6.07, 6.45) is 2.59. The molecule has 0 aliphatic carbocycles. The summed E-state index contributed by atoms with van der Waals surface area (Å²) < 4.78 is 27.2. The van der Waals surface area contributed by atoms with Crippen molar-refractivity contribution in [2.75, 3.05) is 31.1 Å². The molecule has 0 N–H and O–H groups in total. The van der Waals surface area contributed by atoms with Gasteiger partial charge in [0.15, 0.2) is 0 Å². The Kier molecular flexibility index (Phi) is 4.86. The Bertz CT molecular complexity index is 640. The topological polar surface area (TPSA) is 19.4 Å². The van der Waals surface area contributed by atoms with E-state index in [9.17, 15) is 8.78 Å². The normalized spacial score (nSPS) is 17.3. The van der Waals surface area contributed by atoms with Gasteiger partial charge in [-0.25, -0.2) is 13.8 Å². The number of nitrogens with zero attached hydrogens (tertiary/aromatic N) is 3. The van der Waals surface area contributed by atoms with Crippen LogP contribution in [0.5, 0.6) is 0 Å². The van der Waals surface area contributed by atoms with E-state index in [0.29, 0.717) is 5.56 Å². The summed E-state index contributed by atoms with van der Waals surface area (Å²) in [7, 11) is 0. The Balaban J connectivity index is 1.70. The summed E-state index contributed by atoms with van der Waals surface area (Å²) in [6.45, 7) is 5.43. The lowest BCUT2D eigenvalue weighted by Crippen LogP contribution is -2.48. The predicted octanol–water partition coefficient (Wildman–Crippen LogP) is 3.63. The van der Waals surface area contributed by atoms with Crippen LogP contribution in [0, 0.1) is 11.6 Å². The van der Waals surface area contributed by atoms with E-state index in [2.05, 4.69) is 14.8 Å². The number of hydrogen-bond donors (Lipinski definition) is 0. The molecule has 0 radical (unpaired) electrons. The maximum absolute atomic E-state index is 14.1. The Morgan fingerprint density at radius 1 is 1.09 bits per heavy atom. The summed E-state index contributed by atoms with van der Waals surface area (Å²) in [5.41, 5.74) is 0.584. The minimum Gasteiger partial charge on any atom is -0.354 e. The summed E-state index contributed by atoms with van der Waals surface area (Å²) >= 11 is 0. The molecule has 1 unspecified atom stereocenters. The van der Waals surface area contributed by atoms with Gasteiger partial charge in [-0.1, -0.05) is 19.1 Å². The van der Waals surface area contributed by atoms with Gasteiger partial charge >= 0.3 is 0 Å². The molecule has 3 nitrogen and oxygen atoms in total. The van der Waals surface area contributed by atoms with Crippen molar-refractivity contribution < 1.29 is 8.78 Å². The van der Waals surface area contributed by atoms with Gasteiger partial charge in [0.2, 0.25) is 0 Å². The largest absolute Gasteiger partial charge is 0.354 e. The van der Waals surface area contributed by atoms with Crippen molar-refractivity contribution in [3.63, 3.8) is 0 Å². The molecule has 5 heteroatoms. The van der Waals surface area contributed by atoms with E-state index >= 15 is 0 Å². The van der Waals surface area contributed by atoms with Gasteiger partial charge in [0, 0.05) is 50.0 Å². The molecule has 1 aliphatic heterocycles. The number of piperazine rings is 1. The molecule has 0 saturated carbocycles. The van der Waals surface area contributed by atoms with Crippen molar-refractivity contribution in [1.82, 2.24) is 9.88 Å². The van der Waals surface area contributed by atoms with Crippen molar-refractivity contribution >= 4 is 5.82 Å². The van der Waals surface area contributed by atoms with Crippen LogP contribution < -0.4 is 4.90 Å². The lowest BCUT2D eigenvalue weighted by atomic mass is 10.0. The number of halogens is 2. The van der Waals surface area contributed by atoms with Crippen molar-refractivity contribution in [3.05, 3.63) is 59.8 Å². The van der Waals surface area contributed by atoms with Crippen LogP contribution in [0.1, 0.15) is 24.9 Å². The number of benzene rings is 1. The first-order valence-corrected chi connectivity index (χ1v) is 8.04. The first-order chi connectivity index (χ1) is 11.2. The quantitative estimate of drug-likeness (QED) is 0.858. The lowest BCUT2D eigenvalue weighted by Gasteiger charge is -2.39. The average Bonchev–Trinajstić information content (AvgIpc) is 2.59. The van der Waals surface area contributed by atoms with Crippen molar-refractivity contribution in [2.45, 2.75) is 19.4 Å². The van der Waals surface area contributed by atoms with E-state index in [1.807, 2.05) is 25.1 Å². The molecule has 0 bridgehead atoms. The molecule has 1 fully saturated rings. The second kappa shape index (κ2) is 7.04. The Morgan fingerprint density at radius 3 is 2.48 bits per heavy atom. The fourth-order valence-corrected chi connectivity index (χ4v) is 3.25. The van der Waals surface area contributed by atoms with Crippen LogP contribution in [-0.4, -0.2) is 36.1 Å². The second-order valence-corrected chi connectivity index (χ2v) is 5.80. The molecule has 1 saturated heterocycles. The molecular weight excluding hydrogens is 296 g/mol. The maximum atomic E-state index is 14.1. The molecule has 2 aromatic rings. The fraction of sp³-hybridized carbons (Fsp3) is 0.389. The van der Waals surface area contributed by atoms with E-state index in [-0.39, 0.29) is 6.04 Å². The van der Waals surface area contributed by atoms with E-state index in [4.69, 9.17) is 0 Å². The van der Waals surface area contributed by atoms with E-state index in [1.165, 1.54) is 6.07 Å². The Labute approximate surface area is 135 Å². The van der Waals surface area contributed by atoms with Crippen molar-refractivity contribution in [2.24, 2.45) is 0 Å². The standard InChI is InChI=1S/C18H21F2N3/c1-2-17(15-7-6-14(19)13-16(15)20)22-9-11-23(12-10-22)18-5-3-4-8-21-18/h3-8,13,17H,2,9-12H2,1H3. The highest BCUT2D eigenvalue weighted by molar-refractivity contribution is 5.38. The van der Waals surface area contributed by atoms with Gasteiger partial charge in [0.1, 0.15) is 17.5 Å². The highest BCUT2D eigenvalue weighted by Crippen LogP contribution is 2.28. The molecule has 0 spiro atoms. The van der Waals surface area contributed by atoms with Crippen LogP contribution in [0.15, 0.2) is 42.6 Å². The number of pyridine rings is 1. The van der Waals surface area contributed by atoms with Gasteiger partial charge < -0.3 is 4.90 Å². The molecule has 1 aliphatic rings. The van der Waals surface area contributed by atoms with E-state index in [1.54, 1.807) is 12.3 Å². The molecule has 122 valence electrons. The third kappa shape index (κ3) is 3.50. The zero-order valence-electron chi connectivity index (χ0n) is 13.3. The van der Waals surface area contributed by atoms with Crippen LogP contribution in [0.2, 0.25) is 0 Å². The molecule has 1 aromatic carbocycles. The molecular formula is C18H21F2N3. The second-order valence-electron chi connectivity index (χ2n) is 5.80. The first kappa shape index (κ1) is 15.9. The van der Waals surface area contributed by atoms with Crippen molar-refractivity contribution in [1.29, 1.82) is 0 Å². The Hall–Kier alpha value is -2.01. The van der Waals surface area contributed by atoms with Gasteiger partial charge in [-0.05, 0) is 24.6 Å². The smallest absolute Gasteiger partial charge is 0.130 e. The third-order valence-electron chi connectivity index (χ3n) is 4.44. The lowest BCUT2D eigenvalue weighted by molar-refractivity contribution is 0.177. The first-order valence-electron chi connectivity index (χ1n) is 8.04. The average molecular weight is 317 g/mol. The van der Waals surface area contributed by atoms with Gasteiger partial charge in [0.25, 0.3) is 0 Å². The molecule has 1 atom stereocenters. The van der Waals surface area contributed by atoms with Crippen molar-refractivity contribution in [3.8, 4) is 0 Å². The molecule has 0 amide bonds. The van der Waals surface area contributed by atoms with Gasteiger partial charge in [0.05, 0.1) is 0 Å². The van der Waals surface area contributed by atoms with Crippen LogP contribution in [0.25, 0.3) is 0 Å². The summed E-state index contributed by atoms with van der Waals surface area (Å²) in [5.74, 6) is -0.00163. The van der Waals surface area contributed by atoms with Gasteiger partial charge in [-0.15, -0.1) is 0 Å². The fourth-order valence-electron chi connectivity index (χ4n) is 3.25. The molecule has 23 heavy (non-hydrogen) atoms. The predicted molar refractivity (Wildman–Crippen MR) is 87.4 cm³/mol. The van der Waals surface area contributed by atoms with Gasteiger partial charge in [-0.3, -0.25) is 4.90 Å². The van der Waals surface area contributed by atoms with Crippen LogP contribution in [-0.2, 0) is 0 Å². The van der Waals surface area contributed by atoms with Crippen LogP contribution >= 0.6 is 0 Å². The zero-order valence-corrected chi connectivity index (χ0v) is 13.3. The highest BCUT2D eigenvalue weighted by Gasteiger charge is 2.26. The monoisotopic (exact) mass is 317 g/mol. The SMILES string of the molecule is CCC(c1ccc(F)cc1F)N1CCN(c2ccccn2)CC1. The zero-order chi connectivity index (χ0) is 16.2. The summed E-state index contributed by atoms with van der Waals surface area (Å²) in [4.78, 5) is 8.89. The minimum absolute atomic E-state index is 0.0125. The summed E-state index contributed by atoms with van der Waals surface area (Å²) in [5, 5.41) is 0. The molecule has 1 aromatic heterocycles. The highest BCUT2D eigenvalue weighted by atomic mass is 19.1. The minimum atomic E-state index is -0.527. The van der Waals surface area contributed by atoms with E-state index < -0.39 is 11.6 Å². The number of hydrogen-bond acceptors (Lipinski definition) is 3. The number of rotatable bonds is 4. The summed E-state index contributed by atoms with van der Waals surface area (Å²) in [6, 6.07) is 9.77. The number of anilines is 1.